The molecule has 1 aromatic heterocycles. The van der Waals surface area contributed by atoms with Gasteiger partial charge in [-0.1, -0.05) is 6.07 Å². The van der Waals surface area contributed by atoms with Crippen molar-refractivity contribution in [3.63, 3.8) is 0 Å². The van der Waals surface area contributed by atoms with E-state index >= 15 is 0 Å². The second-order valence-electron chi connectivity index (χ2n) is 4.13. The number of rotatable bonds is 3. The highest BCUT2D eigenvalue weighted by Gasteiger charge is 2.13. The van der Waals surface area contributed by atoms with Crippen molar-refractivity contribution in [1.29, 1.82) is 0 Å². The zero-order valence-electron chi connectivity index (χ0n) is 10.5. The van der Waals surface area contributed by atoms with Crippen molar-refractivity contribution in [2.24, 2.45) is 7.05 Å². The summed E-state index contributed by atoms with van der Waals surface area (Å²) >= 11 is 0. The van der Waals surface area contributed by atoms with Crippen LogP contribution in [0.3, 0.4) is 0 Å². The van der Waals surface area contributed by atoms with Crippen LogP contribution in [0.15, 0.2) is 30.5 Å². The molecular formula is C13H15N3O3. The zero-order valence-corrected chi connectivity index (χ0v) is 10.5. The van der Waals surface area contributed by atoms with Gasteiger partial charge in [-0.3, -0.25) is 9.59 Å². The lowest BCUT2D eigenvalue weighted by Crippen LogP contribution is -2.36. The van der Waals surface area contributed by atoms with Gasteiger partial charge in [-0.25, -0.2) is 0 Å². The number of aromatic nitrogens is 1. The Balaban J connectivity index is 2.10. The minimum atomic E-state index is -0.763. The summed E-state index contributed by atoms with van der Waals surface area (Å²) < 4.78 is 1.93. The highest BCUT2D eigenvalue weighted by atomic mass is 16.3. The van der Waals surface area contributed by atoms with E-state index in [1.165, 1.54) is 0 Å². The number of fused-ring (bicyclic) bond motifs is 1. The third kappa shape index (κ3) is 2.92. The maximum absolute atomic E-state index is 11.6. The molecule has 19 heavy (non-hydrogen) atoms. The number of benzene rings is 1. The first-order valence-electron chi connectivity index (χ1n) is 5.87. The lowest BCUT2D eigenvalue weighted by Gasteiger charge is -2.06. The molecule has 0 unspecified atom stereocenters. The molecule has 0 saturated carbocycles. The predicted octanol–water partition coefficient (Wildman–Crippen LogP) is 0.225. The third-order valence-electron chi connectivity index (χ3n) is 2.75. The quantitative estimate of drug-likeness (QED) is 0.691. The summed E-state index contributed by atoms with van der Waals surface area (Å²) in [6, 6.07) is 7.37. The molecule has 1 aromatic carbocycles. The molecule has 6 heteroatoms. The summed E-state index contributed by atoms with van der Waals surface area (Å²) in [4.78, 5) is 22.9. The number of hydrogen-bond acceptors (Lipinski definition) is 3. The summed E-state index contributed by atoms with van der Waals surface area (Å²) in [7, 11) is 1.90. The van der Waals surface area contributed by atoms with Crippen LogP contribution in [0.1, 0.15) is 0 Å². The molecule has 0 bridgehead atoms. The standard InChI is InChI=1S/C13H15N3O3/c1-16-6-4-9-2-3-10(8-11(9)16)15-13(19)12(18)14-5-7-17/h2-4,6,8,17H,5,7H2,1H3,(H,14,18)(H,15,19). The normalized spacial score (nSPS) is 10.4. The van der Waals surface area contributed by atoms with Gasteiger partial charge in [-0.15, -0.1) is 0 Å². The molecule has 2 aromatic rings. The van der Waals surface area contributed by atoms with Crippen LogP contribution in [0.5, 0.6) is 0 Å². The van der Waals surface area contributed by atoms with Crippen molar-refractivity contribution in [2.45, 2.75) is 0 Å². The molecule has 0 spiro atoms. The van der Waals surface area contributed by atoms with Crippen LogP contribution in [0.2, 0.25) is 0 Å². The molecule has 3 N–H and O–H groups in total. The van der Waals surface area contributed by atoms with Gasteiger partial charge in [0.05, 0.1) is 6.61 Å². The van der Waals surface area contributed by atoms with Crippen LogP contribution in [0.4, 0.5) is 5.69 Å². The van der Waals surface area contributed by atoms with Gasteiger partial charge in [0.1, 0.15) is 0 Å². The van der Waals surface area contributed by atoms with Crippen LogP contribution < -0.4 is 10.6 Å². The van der Waals surface area contributed by atoms with Crippen LogP contribution in [-0.4, -0.2) is 34.6 Å². The molecule has 0 fully saturated rings. The summed E-state index contributed by atoms with van der Waals surface area (Å²) in [5.41, 5.74) is 1.52. The van der Waals surface area contributed by atoms with Gasteiger partial charge in [-0.2, -0.15) is 0 Å². The number of aliphatic hydroxyl groups is 1. The number of aryl methyl sites for hydroxylation is 1. The Bertz CT molecular complexity index is 619. The molecule has 0 aliphatic rings. The lowest BCUT2D eigenvalue weighted by molar-refractivity contribution is -0.136. The van der Waals surface area contributed by atoms with Gasteiger partial charge in [-0.05, 0) is 23.6 Å². The summed E-state index contributed by atoms with van der Waals surface area (Å²) in [5.74, 6) is -1.51. The Hall–Kier alpha value is -2.34. The maximum atomic E-state index is 11.6. The van der Waals surface area contributed by atoms with Gasteiger partial charge in [0.25, 0.3) is 0 Å². The van der Waals surface area contributed by atoms with Crippen LogP contribution in [0.25, 0.3) is 10.9 Å². The average molecular weight is 261 g/mol. The smallest absolute Gasteiger partial charge is 0.313 e. The van der Waals surface area contributed by atoms with E-state index in [0.29, 0.717) is 5.69 Å². The summed E-state index contributed by atoms with van der Waals surface area (Å²) in [6.07, 6.45) is 1.92. The molecule has 0 atom stereocenters. The fourth-order valence-electron chi connectivity index (χ4n) is 1.78. The predicted molar refractivity (Wildman–Crippen MR) is 71.6 cm³/mol. The molecule has 6 nitrogen and oxygen atoms in total. The highest BCUT2D eigenvalue weighted by Crippen LogP contribution is 2.19. The fourth-order valence-corrected chi connectivity index (χ4v) is 1.78. The number of carbonyl (C=O) groups excluding carboxylic acids is 2. The number of aliphatic hydroxyl groups excluding tert-OH is 1. The number of amides is 2. The van der Waals surface area contributed by atoms with Crippen molar-refractivity contribution in [3.05, 3.63) is 30.5 Å². The van der Waals surface area contributed by atoms with Crippen LogP contribution in [0, 0.1) is 0 Å². The van der Waals surface area contributed by atoms with Gasteiger partial charge in [0.15, 0.2) is 0 Å². The summed E-state index contributed by atoms with van der Waals surface area (Å²) in [6.45, 7) is -0.141. The fraction of sp³-hybridized carbons (Fsp3) is 0.231. The number of nitrogens with one attached hydrogen (secondary N) is 2. The number of hydrogen-bond donors (Lipinski definition) is 3. The van der Waals surface area contributed by atoms with Crippen molar-refractivity contribution < 1.29 is 14.7 Å². The van der Waals surface area contributed by atoms with E-state index in [1.54, 1.807) is 12.1 Å². The van der Waals surface area contributed by atoms with Gasteiger partial charge in [0, 0.05) is 31.0 Å². The van der Waals surface area contributed by atoms with Crippen molar-refractivity contribution >= 4 is 28.4 Å². The largest absolute Gasteiger partial charge is 0.395 e. The Labute approximate surface area is 110 Å². The summed E-state index contributed by atoms with van der Waals surface area (Å²) in [5, 5.41) is 14.4. The van der Waals surface area contributed by atoms with E-state index < -0.39 is 11.8 Å². The third-order valence-corrected chi connectivity index (χ3v) is 2.75. The molecule has 0 saturated heterocycles. The molecule has 0 radical (unpaired) electrons. The Morgan fingerprint density at radius 1 is 1.26 bits per heavy atom. The monoisotopic (exact) mass is 261 g/mol. The van der Waals surface area contributed by atoms with E-state index in [0.717, 1.165) is 10.9 Å². The second-order valence-corrected chi connectivity index (χ2v) is 4.13. The second kappa shape index (κ2) is 5.53. The highest BCUT2D eigenvalue weighted by molar-refractivity contribution is 6.39. The number of anilines is 1. The van der Waals surface area contributed by atoms with Gasteiger partial charge in [0.2, 0.25) is 0 Å². The Kier molecular flexibility index (Phi) is 3.82. The van der Waals surface area contributed by atoms with Gasteiger partial charge < -0.3 is 20.3 Å². The van der Waals surface area contributed by atoms with Crippen molar-refractivity contribution in [1.82, 2.24) is 9.88 Å². The minimum Gasteiger partial charge on any atom is -0.395 e. The molecule has 2 rings (SSSR count). The zero-order chi connectivity index (χ0) is 13.8. The molecule has 0 aliphatic heterocycles. The maximum Gasteiger partial charge on any atom is 0.313 e. The molecular weight excluding hydrogens is 246 g/mol. The first-order valence-corrected chi connectivity index (χ1v) is 5.87. The Morgan fingerprint density at radius 3 is 2.79 bits per heavy atom. The van der Waals surface area contributed by atoms with Crippen molar-refractivity contribution in [3.8, 4) is 0 Å². The first-order chi connectivity index (χ1) is 9.11. The van der Waals surface area contributed by atoms with Crippen LogP contribution in [-0.2, 0) is 16.6 Å². The van der Waals surface area contributed by atoms with E-state index in [4.69, 9.17) is 5.11 Å². The molecule has 1 heterocycles. The lowest BCUT2D eigenvalue weighted by atomic mass is 10.2. The average Bonchev–Trinajstić information content (AvgIpc) is 2.77. The van der Waals surface area contributed by atoms with E-state index in [-0.39, 0.29) is 13.2 Å². The van der Waals surface area contributed by atoms with E-state index in [1.807, 2.05) is 29.9 Å². The number of carbonyl (C=O) groups is 2. The molecule has 0 aliphatic carbocycles. The van der Waals surface area contributed by atoms with E-state index in [2.05, 4.69) is 10.6 Å². The first kappa shape index (κ1) is 13.1. The number of nitrogens with zero attached hydrogens (tertiary/aromatic N) is 1. The molecule has 2 amide bonds. The Morgan fingerprint density at radius 2 is 2.05 bits per heavy atom. The molecule has 100 valence electrons. The van der Waals surface area contributed by atoms with Crippen molar-refractivity contribution in [2.75, 3.05) is 18.5 Å². The van der Waals surface area contributed by atoms with Gasteiger partial charge >= 0.3 is 11.8 Å². The SMILES string of the molecule is Cn1ccc2ccc(NC(=O)C(=O)NCCO)cc21. The van der Waals surface area contributed by atoms with E-state index in [9.17, 15) is 9.59 Å². The minimum absolute atomic E-state index is 0.0586. The topological polar surface area (TPSA) is 83.4 Å². The van der Waals surface area contributed by atoms with Crippen LogP contribution >= 0.6 is 0 Å².